The molecule has 2 heterocycles. The summed E-state index contributed by atoms with van der Waals surface area (Å²) in [5.41, 5.74) is 4.01. The van der Waals surface area contributed by atoms with Gasteiger partial charge >= 0.3 is 0 Å². The zero-order valence-corrected chi connectivity index (χ0v) is 10.5. The third-order valence-corrected chi connectivity index (χ3v) is 4.19. The lowest BCUT2D eigenvalue weighted by Gasteiger charge is -2.38. The maximum atomic E-state index is 6.23. The summed E-state index contributed by atoms with van der Waals surface area (Å²) in [7, 11) is 0. The lowest BCUT2D eigenvalue weighted by Crippen LogP contribution is -2.54. The molecule has 2 atom stereocenters. The van der Waals surface area contributed by atoms with Crippen LogP contribution < -0.4 is 10.2 Å². The van der Waals surface area contributed by atoms with Crippen LogP contribution in [0.25, 0.3) is 0 Å². The smallest absolute Gasteiger partial charge is 0.0459 e. The predicted octanol–water partition coefficient (Wildman–Crippen LogP) is 2.37. The van der Waals surface area contributed by atoms with E-state index in [2.05, 4.69) is 36.2 Å². The lowest BCUT2D eigenvalue weighted by atomic mass is 10.1. The van der Waals surface area contributed by atoms with Gasteiger partial charge in [-0.05, 0) is 37.5 Å². The zero-order valence-electron chi connectivity index (χ0n) is 9.76. The van der Waals surface area contributed by atoms with Crippen molar-refractivity contribution in [2.45, 2.75) is 32.4 Å². The number of hydrogen-bond donors (Lipinski definition) is 1. The molecule has 0 amide bonds. The van der Waals surface area contributed by atoms with Crippen molar-refractivity contribution in [1.82, 2.24) is 5.32 Å². The predicted molar refractivity (Wildman–Crippen MR) is 68.5 cm³/mol. The van der Waals surface area contributed by atoms with Crippen LogP contribution in [0.3, 0.4) is 0 Å². The molecule has 3 rings (SSSR count). The van der Waals surface area contributed by atoms with Crippen molar-refractivity contribution in [1.29, 1.82) is 0 Å². The molecule has 0 aliphatic carbocycles. The normalized spacial score (nSPS) is 27.8. The van der Waals surface area contributed by atoms with Crippen molar-refractivity contribution < 1.29 is 0 Å². The number of nitrogens with zero attached hydrogens (tertiary/aromatic N) is 1. The van der Waals surface area contributed by atoms with Crippen LogP contribution in [0.1, 0.15) is 18.1 Å². The third-order valence-electron chi connectivity index (χ3n) is 3.78. The van der Waals surface area contributed by atoms with Gasteiger partial charge in [0.1, 0.15) is 0 Å². The molecule has 0 unspecified atom stereocenters. The number of rotatable bonds is 0. The summed E-state index contributed by atoms with van der Waals surface area (Å²) in [5, 5.41) is 4.39. The highest BCUT2D eigenvalue weighted by atomic mass is 35.5. The average Bonchev–Trinajstić information content (AvgIpc) is 2.58. The van der Waals surface area contributed by atoms with E-state index in [0.717, 1.165) is 24.5 Å². The fraction of sp³-hybridized carbons (Fsp3) is 0.538. The van der Waals surface area contributed by atoms with Crippen LogP contribution >= 0.6 is 11.6 Å². The minimum Gasteiger partial charge on any atom is -0.363 e. The quantitative estimate of drug-likeness (QED) is 0.744. The Morgan fingerprint density at radius 2 is 2.19 bits per heavy atom. The van der Waals surface area contributed by atoms with Crippen molar-refractivity contribution in [3.63, 3.8) is 0 Å². The van der Waals surface area contributed by atoms with Gasteiger partial charge in [-0.2, -0.15) is 0 Å². The molecule has 1 aromatic carbocycles. The van der Waals surface area contributed by atoms with Gasteiger partial charge in [0.2, 0.25) is 0 Å². The molecule has 1 fully saturated rings. The standard InChI is InChI=1S/C13H17ClN2/c1-8-3-10-4-11-7-15-6-9(2)16(11)13(10)5-12(8)14/h3,5,9,11,15H,4,6-7H2,1-2H3/t9-,11+/m1/s1. The second-order valence-corrected chi connectivity index (χ2v) is 5.41. The maximum Gasteiger partial charge on any atom is 0.0459 e. The average molecular weight is 237 g/mol. The molecule has 0 bridgehead atoms. The van der Waals surface area contributed by atoms with E-state index in [-0.39, 0.29) is 0 Å². The van der Waals surface area contributed by atoms with Crippen molar-refractivity contribution in [3.8, 4) is 0 Å². The van der Waals surface area contributed by atoms with Gasteiger partial charge in [0.05, 0.1) is 0 Å². The summed E-state index contributed by atoms with van der Waals surface area (Å²) in [6, 6.07) is 5.59. The molecular formula is C13H17ClN2. The van der Waals surface area contributed by atoms with E-state index in [1.165, 1.54) is 16.8 Å². The van der Waals surface area contributed by atoms with E-state index in [1.54, 1.807) is 0 Å². The fourth-order valence-corrected chi connectivity index (χ4v) is 3.17. The number of halogens is 1. The van der Waals surface area contributed by atoms with E-state index < -0.39 is 0 Å². The molecule has 1 aromatic rings. The fourth-order valence-electron chi connectivity index (χ4n) is 3.01. The second-order valence-electron chi connectivity index (χ2n) is 5.00. The van der Waals surface area contributed by atoms with Gasteiger partial charge in [-0.15, -0.1) is 0 Å². The molecule has 3 heteroatoms. The largest absolute Gasteiger partial charge is 0.363 e. The Kier molecular flexibility index (Phi) is 2.37. The molecule has 1 N–H and O–H groups in total. The van der Waals surface area contributed by atoms with Crippen molar-refractivity contribution in [3.05, 3.63) is 28.3 Å². The molecule has 16 heavy (non-hydrogen) atoms. The molecule has 86 valence electrons. The van der Waals surface area contributed by atoms with Crippen LogP contribution in [-0.4, -0.2) is 25.2 Å². The first-order valence-electron chi connectivity index (χ1n) is 5.95. The van der Waals surface area contributed by atoms with Crippen LogP contribution in [0.5, 0.6) is 0 Å². The van der Waals surface area contributed by atoms with Crippen molar-refractivity contribution in [2.24, 2.45) is 0 Å². The van der Waals surface area contributed by atoms with E-state index in [1.807, 2.05) is 0 Å². The van der Waals surface area contributed by atoms with E-state index >= 15 is 0 Å². The summed E-state index contributed by atoms with van der Waals surface area (Å²) >= 11 is 6.23. The van der Waals surface area contributed by atoms with Crippen LogP contribution in [-0.2, 0) is 6.42 Å². The number of hydrogen-bond acceptors (Lipinski definition) is 2. The monoisotopic (exact) mass is 236 g/mol. The summed E-state index contributed by atoms with van der Waals surface area (Å²) in [6.45, 7) is 6.53. The number of benzene rings is 1. The molecule has 2 aliphatic rings. The highest BCUT2D eigenvalue weighted by Gasteiger charge is 2.35. The Morgan fingerprint density at radius 1 is 1.38 bits per heavy atom. The number of anilines is 1. The highest BCUT2D eigenvalue weighted by molar-refractivity contribution is 6.31. The van der Waals surface area contributed by atoms with Gasteiger partial charge in [0, 0.05) is 35.9 Å². The second kappa shape index (κ2) is 3.64. The maximum absolute atomic E-state index is 6.23. The lowest BCUT2D eigenvalue weighted by molar-refractivity contribution is 0.430. The first-order valence-corrected chi connectivity index (χ1v) is 6.32. The Morgan fingerprint density at radius 3 is 3.00 bits per heavy atom. The molecule has 0 saturated carbocycles. The van der Waals surface area contributed by atoms with Crippen molar-refractivity contribution in [2.75, 3.05) is 18.0 Å². The number of fused-ring (bicyclic) bond motifs is 3. The Labute approximate surface area is 102 Å². The first-order chi connectivity index (χ1) is 7.66. The third kappa shape index (κ3) is 1.44. The molecule has 1 saturated heterocycles. The summed E-state index contributed by atoms with van der Waals surface area (Å²) in [5.74, 6) is 0. The van der Waals surface area contributed by atoms with Gasteiger partial charge in [0.25, 0.3) is 0 Å². The van der Waals surface area contributed by atoms with E-state index in [9.17, 15) is 0 Å². The molecular weight excluding hydrogens is 220 g/mol. The highest BCUT2D eigenvalue weighted by Crippen LogP contribution is 2.38. The number of nitrogens with one attached hydrogen (secondary N) is 1. The van der Waals surface area contributed by atoms with Gasteiger partial charge in [0.15, 0.2) is 0 Å². The Balaban J connectivity index is 2.06. The molecule has 0 spiro atoms. The number of aryl methyl sites for hydroxylation is 1. The summed E-state index contributed by atoms with van der Waals surface area (Å²) in [6.07, 6.45) is 1.16. The van der Waals surface area contributed by atoms with Gasteiger partial charge < -0.3 is 10.2 Å². The minimum absolute atomic E-state index is 0.568. The van der Waals surface area contributed by atoms with E-state index in [4.69, 9.17) is 11.6 Å². The summed E-state index contributed by atoms with van der Waals surface area (Å²) in [4.78, 5) is 2.54. The van der Waals surface area contributed by atoms with Crippen LogP contribution in [0.4, 0.5) is 5.69 Å². The van der Waals surface area contributed by atoms with Gasteiger partial charge in [-0.25, -0.2) is 0 Å². The molecule has 2 aliphatic heterocycles. The zero-order chi connectivity index (χ0) is 11.3. The van der Waals surface area contributed by atoms with Crippen LogP contribution in [0.2, 0.25) is 5.02 Å². The minimum atomic E-state index is 0.568. The number of piperazine rings is 1. The SMILES string of the molecule is Cc1cc2c(cc1Cl)N1[C@H](CNC[C@H]1C)C2. The van der Waals surface area contributed by atoms with Crippen molar-refractivity contribution >= 4 is 17.3 Å². The Bertz CT molecular complexity index is 430. The molecule has 0 aromatic heterocycles. The molecule has 0 radical (unpaired) electrons. The molecule has 2 nitrogen and oxygen atoms in total. The first kappa shape index (κ1) is 10.4. The summed E-state index contributed by atoms with van der Waals surface area (Å²) < 4.78 is 0. The van der Waals surface area contributed by atoms with Crippen LogP contribution in [0, 0.1) is 6.92 Å². The van der Waals surface area contributed by atoms with Crippen LogP contribution in [0.15, 0.2) is 12.1 Å². The van der Waals surface area contributed by atoms with E-state index in [0.29, 0.717) is 12.1 Å². The Hall–Kier alpha value is -0.730. The van der Waals surface area contributed by atoms with Gasteiger partial charge in [-0.1, -0.05) is 17.7 Å². The van der Waals surface area contributed by atoms with Gasteiger partial charge in [-0.3, -0.25) is 0 Å². The topological polar surface area (TPSA) is 15.3 Å².